The number of nitrogens with two attached hydrogens (primary N) is 1. The molecule has 2 rings (SSSR count). The third-order valence-electron chi connectivity index (χ3n) is 3.37. The molecule has 0 amide bonds. The minimum absolute atomic E-state index is 0.584. The van der Waals surface area contributed by atoms with Crippen LogP contribution in [0, 0.1) is 5.92 Å². The summed E-state index contributed by atoms with van der Waals surface area (Å²) in [6, 6.07) is 6.91. The Kier molecular flexibility index (Phi) is 4.12. The number of anilines is 1. The van der Waals surface area contributed by atoms with Crippen LogP contribution in [-0.2, 0) is 6.54 Å². The molecule has 18 heavy (non-hydrogen) atoms. The molecule has 3 heteroatoms. The highest BCUT2D eigenvalue weighted by Crippen LogP contribution is 2.36. The number of nitrogens with zero attached hydrogens (tertiary/aromatic N) is 1. The van der Waals surface area contributed by atoms with Gasteiger partial charge in [0.2, 0.25) is 0 Å². The summed E-state index contributed by atoms with van der Waals surface area (Å²) in [6.45, 7) is 6.20. The minimum Gasteiger partial charge on any atom is -0.497 e. The fourth-order valence-electron chi connectivity index (χ4n) is 2.33. The summed E-state index contributed by atoms with van der Waals surface area (Å²) < 4.78 is 5.34. The fourth-order valence-corrected chi connectivity index (χ4v) is 2.33. The van der Waals surface area contributed by atoms with E-state index in [1.54, 1.807) is 7.11 Å². The lowest BCUT2D eigenvalue weighted by molar-refractivity contribution is 0.414. The van der Waals surface area contributed by atoms with Crippen molar-refractivity contribution in [1.29, 1.82) is 0 Å². The van der Waals surface area contributed by atoms with Crippen LogP contribution < -0.4 is 15.4 Å². The van der Waals surface area contributed by atoms with Crippen molar-refractivity contribution in [2.24, 2.45) is 11.7 Å². The molecular weight excluding hydrogens is 224 g/mol. The zero-order valence-electron chi connectivity index (χ0n) is 11.6. The summed E-state index contributed by atoms with van der Waals surface area (Å²) in [7, 11) is 1.71. The van der Waals surface area contributed by atoms with E-state index in [1.165, 1.54) is 24.1 Å². The first-order chi connectivity index (χ1) is 8.65. The number of hydrogen-bond donors (Lipinski definition) is 1. The molecule has 1 aromatic carbocycles. The molecule has 0 aromatic heterocycles. The van der Waals surface area contributed by atoms with Crippen LogP contribution in [0.2, 0.25) is 0 Å². The van der Waals surface area contributed by atoms with Gasteiger partial charge in [-0.25, -0.2) is 0 Å². The first-order valence-corrected chi connectivity index (χ1v) is 6.79. The highest BCUT2D eigenvalue weighted by molar-refractivity contribution is 5.58. The Hall–Kier alpha value is -1.22. The highest BCUT2D eigenvalue weighted by atomic mass is 16.5. The molecular formula is C15H24N2O. The van der Waals surface area contributed by atoms with E-state index in [-0.39, 0.29) is 0 Å². The maximum absolute atomic E-state index is 5.86. The quantitative estimate of drug-likeness (QED) is 0.841. The Morgan fingerprint density at radius 3 is 2.61 bits per heavy atom. The largest absolute Gasteiger partial charge is 0.497 e. The van der Waals surface area contributed by atoms with Crippen LogP contribution in [0.25, 0.3) is 0 Å². The molecule has 1 aromatic rings. The normalized spacial score (nSPS) is 14.9. The first-order valence-electron chi connectivity index (χ1n) is 6.79. The van der Waals surface area contributed by atoms with Crippen LogP contribution in [0.1, 0.15) is 32.3 Å². The predicted molar refractivity (Wildman–Crippen MR) is 76.1 cm³/mol. The van der Waals surface area contributed by atoms with Crippen LogP contribution in [0.4, 0.5) is 5.69 Å². The van der Waals surface area contributed by atoms with E-state index in [0.29, 0.717) is 18.5 Å². The summed E-state index contributed by atoms with van der Waals surface area (Å²) in [5, 5.41) is 0. The van der Waals surface area contributed by atoms with Gasteiger partial charge in [0.1, 0.15) is 5.75 Å². The average molecular weight is 248 g/mol. The van der Waals surface area contributed by atoms with Gasteiger partial charge in [0.15, 0.2) is 0 Å². The fraction of sp³-hybridized carbons (Fsp3) is 0.600. The van der Waals surface area contributed by atoms with Crippen molar-refractivity contribution in [1.82, 2.24) is 0 Å². The molecule has 1 fully saturated rings. The Morgan fingerprint density at radius 1 is 1.39 bits per heavy atom. The second kappa shape index (κ2) is 5.61. The van der Waals surface area contributed by atoms with Crippen LogP contribution in [0.15, 0.2) is 18.2 Å². The molecule has 1 aliphatic rings. The van der Waals surface area contributed by atoms with Crippen LogP contribution >= 0.6 is 0 Å². The molecule has 0 radical (unpaired) electrons. The number of benzene rings is 1. The first kappa shape index (κ1) is 13.2. The highest BCUT2D eigenvalue weighted by Gasteiger charge is 2.30. The summed E-state index contributed by atoms with van der Waals surface area (Å²) in [5.74, 6) is 1.57. The van der Waals surface area contributed by atoms with Gasteiger partial charge in [-0.15, -0.1) is 0 Å². The zero-order valence-corrected chi connectivity index (χ0v) is 11.6. The maximum atomic E-state index is 5.86. The van der Waals surface area contributed by atoms with Crippen molar-refractivity contribution in [2.45, 2.75) is 39.3 Å². The molecule has 100 valence electrons. The molecule has 0 unspecified atom stereocenters. The number of rotatable bonds is 6. The number of methoxy groups -OCH3 is 1. The molecule has 2 N–H and O–H groups in total. The predicted octanol–water partition coefficient (Wildman–Crippen LogP) is 2.78. The lowest BCUT2D eigenvalue weighted by Gasteiger charge is -2.29. The van der Waals surface area contributed by atoms with Crippen molar-refractivity contribution >= 4 is 5.69 Å². The number of ether oxygens (including phenoxy) is 1. The van der Waals surface area contributed by atoms with Crippen LogP contribution in [0.5, 0.6) is 5.75 Å². The van der Waals surface area contributed by atoms with Crippen molar-refractivity contribution in [3.63, 3.8) is 0 Å². The second-order valence-electron chi connectivity index (χ2n) is 5.48. The van der Waals surface area contributed by atoms with E-state index in [2.05, 4.69) is 30.9 Å². The van der Waals surface area contributed by atoms with Gasteiger partial charge < -0.3 is 15.4 Å². The summed E-state index contributed by atoms with van der Waals surface area (Å²) in [4.78, 5) is 2.51. The van der Waals surface area contributed by atoms with E-state index in [1.807, 2.05) is 6.07 Å². The topological polar surface area (TPSA) is 38.5 Å². The smallest absolute Gasteiger partial charge is 0.120 e. The zero-order chi connectivity index (χ0) is 13.1. The van der Waals surface area contributed by atoms with Crippen molar-refractivity contribution in [3.8, 4) is 5.75 Å². The summed E-state index contributed by atoms with van der Waals surface area (Å²) >= 11 is 0. The van der Waals surface area contributed by atoms with Crippen molar-refractivity contribution in [2.75, 3.05) is 18.6 Å². The second-order valence-corrected chi connectivity index (χ2v) is 5.48. The molecule has 0 saturated heterocycles. The third kappa shape index (κ3) is 2.96. The van der Waals surface area contributed by atoms with E-state index in [0.717, 1.165) is 12.3 Å². The Morgan fingerprint density at radius 2 is 2.11 bits per heavy atom. The van der Waals surface area contributed by atoms with Gasteiger partial charge in [-0.1, -0.05) is 19.9 Å². The van der Waals surface area contributed by atoms with E-state index >= 15 is 0 Å². The average Bonchev–Trinajstić information content (AvgIpc) is 3.19. The monoisotopic (exact) mass is 248 g/mol. The molecule has 1 aliphatic carbocycles. The molecule has 0 aliphatic heterocycles. The Balaban J connectivity index is 2.31. The molecule has 0 atom stereocenters. The SMILES string of the molecule is COc1ccc(CN)c(N(CC(C)C)C2CC2)c1. The molecule has 0 bridgehead atoms. The Bertz CT molecular complexity index is 399. The van der Waals surface area contributed by atoms with Gasteiger partial charge in [-0.2, -0.15) is 0 Å². The van der Waals surface area contributed by atoms with Gasteiger partial charge in [0.05, 0.1) is 7.11 Å². The summed E-state index contributed by atoms with van der Waals surface area (Å²) in [5.41, 5.74) is 8.33. The van der Waals surface area contributed by atoms with Crippen LogP contribution in [-0.4, -0.2) is 19.7 Å². The number of hydrogen-bond acceptors (Lipinski definition) is 3. The lowest BCUT2D eigenvalue weighted by Crippen LogP contribution is -2.31. The van der Waals surface area contributed by atoms with Crippen LogP contribution in [0.3, 0.4) is 0 Å². The van der Waals surface area contributed by atoms with Crippen molar-refractivity contribution in [3.05, 3.63) is 23.8 Å². The van der Waals surface area contributed by atoms with Gasteiger partial charge in [-0.3, -0.25) is 0 Å². The van der Waals surface area contributed by atoms with E-state index in [4.69, 9.17) is 10.5 Å². The Labute approximate surface area is 110 Å². The third-order valence-corrected chi connectivity index (χ3v) is 3.37. The lowest BCUT2D eigenvalue weighted by atomic mass is 10.1. The summed E-state index contributed by atoms with van der Waals surface area (Å²) in [6.07, 6.45) is 2.60. The molecule has 0 spiro atoms. The molecule has 3 nitrogen and oxygen atoms in total. The standard InChI is InChI=1S/C15H24N2O/c1-11(2)10-17(13-5-6-13)15-8-14(18-3)7-4-12(15)9-16/h4,7-8,11,13H,5-6,9-10,16H2,1-3H3. The molecule has 1 saturated carbocycles. The van der Waals surface area contributed by atoms with Gasteiger partial charge in [0, 0.05) is 30.9 Å². The van der Waals surface area contributed by atoms with Gasteiger partial charge >= 0.3 is 0 Å². The van der Waals surface area contributed by atoms with E-state index in [9.17, 15) is 0 Å². The van der Waals surface area contributed by atoms with Gasteiger partial charge in [-0.05, 0) is 30.4 Å². The van der Waals surface area contributed by atoms with Gasteiger partial charge in [0.25, 0.3) is 0 Å². The van der Waals surface area contributed by atoms with Crippen molar-refractivity contribution < 1.29 is 4.74 Å². The maximum Gasteiger partial charge on any atom is 0.120 e. The molecule has 0 heterocycles. The van der Waals surface area contributed by atoms with E-state index < -0.39 is 0 Å². The minimum atomic E-state index is 0.584.